The van der Waals surface area contributed by atoms with Gasteiger partial charge >= 0.3 is 0 Å². The molecule has 4 nitrogen and oxygen atoms in total. The molecule has 0 aliphatic heterocycles. The lowest BCUT2D eigenvalue weighted by molar-refractivity contribution is 0.282. The number of rotatable bonds is 5. The molecule has 0 fully saturated rings. The largest absolute Gasteiger partial charge is 0.396 e. The second kappa shape index (κ2) is 5.46. The number of hydrogen-bond acceptors (Lipinski definition) is 3. The predicted molar refractivity (Wildman–Crippen MR) is 63.2 cm³/mol. The van der Waals surface area contributed by atoms with Crippen molar-refractivity contribution < 1.29 is 5.11 Å². The van der Waals surface area contributed by atoms with Crippen LogP contribution in [0.25, 0.3) is 0 Å². The van der Waals surface area contributed by atoms with Crippen molar-refractivity contribution in [2.45, 2.75) is 38.1 Å². The average Bonchev–Trinajstić information content (AvgIpc) is 2.68. The molecule has 1 aliphatic rings. The van der Waals surface area contributed by atoms with E-state index in [1.807, 2.05) is 17.9 Å². The lowest BCUT2D eigenvalue weighted by Gasteiger charge is -2.23. The molecule has 1 aromatic heterocycles. The molecular formula is C12H21N3O. The number of aromatic nitrogens is 2. The normalized spacial score (nSPS) is 19.8. The minimum absolute atomic E-state index is 0.296. The fraction of sp³-hybridized carbons (Fsp3) is 0.750. The van der Waals surface area contributed by atoms with Crippen LogP contribution in [0.5, 0.6) is 0 Å². The monoisotopic (exact) mass is 223 g/mol. The number of aryl methyl sites for hydroxylation is 1. The lowest BCUT2D eigenvalue weighted by Crippen LogP contribution is -2.26. The molecular weight excluding hydrogens is 202 g/mol. The Kier molecular flexibility index (Phi) is 3.96. The van der Waals surface area contributed by atoms with Gasteiger partial charge in [0, 0.05) is 31.0 Å². The van der Waals surface area contributed by atoms with Crippen LogP contribution in [-0.2, 0) is 13.5 Å². The van der Waals surface area contributed by atoms with E-state index < -0.39 is 0 Å². The Labute approximate surface area is 96.7 Å². The summed E-state index contributed by atoms with van der Waals surface area (Å²) in [6.07, 6.45) is 7.53. The van der Waals surface area contributed by atoms with Crippen molar-refractivity contribution >= 4 is 0 Å². The van der Waals surface area contributed by atoms with Gasteiger partial charge < -0.3 is 10.4 Å². The zero-order valence-corrected chi connectivity index (χ0v) is 9.95. The summed E-state index contributed by atoms with van der Waals surface area (Å²) < 4.78 is 2.00. The Balaban J connectivity index is 1.91. The molecule has 0 saturated carbocycles. The van der Waals surface area contributed by atoms with E-state index in [9.17, 15) is 0 Å². The van der Waals surface area contributed by atoms with Gasteiger partial charge in [-0.3, -0.25) is 4.68 Å². The summed E-state index contributed by atoms with van der Waals surface area (Å²) >= 11 is 0. The SMILES string of the molecule is Cn1ncc2c1CCCC2NCCCCO. The summed E-state index contributed by atoms with van der Waals surface area (Å²) in [4.78, 5) is 0. The summed E-state index contributed by atoms with van der Waals surface area (Å²) in [5.74, 6) is 0. The second-order valence-corrected chi connectivity index (χ2v) is 4.50. The van der Waals surface area contributed by atoms with Crippen molar-refractivity contribution in [3.05, 3.63) is 17.5 Å². The van der Waals surface area contributed by atoms with Crippen molar-refractivity contribution in [1.29, 1.82) is 0 Å². The Hall–Kier alpha value is -0.870. The van der Waals surface area contributed by atoms with Gasteiger partial charge in [0.2, 0.25) is 0 Å². The highest BCUT2D eigenvalue weighted by Gasteiger charge is 2.22. The molecule has 2 rings (SSSR count). The van der Waals surface area contributed by atoms with Gasteiger partial charge in [-0.15, -0.1) is 0 Å². The molecule has 4 heteroatoms. The van der Waals surface area contributed by atoms with Crippen LogP contribution in [0.4, 0.5) is 0 Å². The van der Waals surface area contributed by atoms with Gasteiger partial charge in [-0.05, 0) is 38.6 Å². The number of aliphatic hydroxyl groups is 1. The fourth-order valence-corrected chi connectivity index (χ4v) is 2.43. The van der Waals surface area contributed by atoms with E-state index in [-0.39, 0.29) is 0 Å². The molecule has 0 spiro atoms. The number of fused-ring (bicyclic) bond motifs is 1. The summed E-state index contributed by atoms with van der Waals surface area (Å²) in [6, 6.07) is 0.469. The maximum absolute atomic E-state index is 8.72. The third kappa shape index (κ3) is 2.44. The van der Waals surface area contributed by atoms with E-state index >= 15 is 0 Å². The van der Waals surface area contributed by atoms with E-state index in [4.69, 9.17) is 5.11 Å². The molecule has 0 aromatic carbocycles. The van der Waals surface area contributed by atoms with Crippen molar-refractivity contribution in [2.75, 3.05) is 13.2 Å². The molecule has 1 aliphatic carbocycles. The predicted octanol–water partition coefficient (Wildman–Crippen LogP) is 1.16. The van der Waals surface area contributed by atoms with E-state index in [1.165, 1.54) is 24.1 Å². The highest BCUT2D eigenvalue weighted by Crippen LogP contribution is 2.28. The summed E-state index contributed by atoms with van der Waals surface area (Å²) in [7, 11) is 2.02. The molecule has 1 unspecified atom stereocenters. The maximum atomic E-state index is 8.72. The van der Waals surface area contributed by atoms with Crippen LogP contribution in [-0.4, -0.2) is 28.0 Å². The first-order valence-electron chi connectivity index (χ1n) is 6.18. The zero-order chi connectivity index (χ0) is 11.4. The first kappa shape index (κ1) is 11.6. The molecule has 1 heterocycles. The summed E-state index contributed by atoms with van der Waals surface area (Å²) in [5.41, 5.74) is 2.75. The first-order valence-corrected chi connectivity index (χ1v) is 6.18. The van der Waals surface area contributed by atoms with Crippen LogP contribution in [0.1, 0.15) is 43.0 Å². The minimum atomic E-state index is 0.296. The molecule has 1 aromatic rings. The topological polar surface area (TPSA) is 50.1 Å². The van der Waals surface area contributed by atoms with Gasteiger partial charge in [0.05, 0.1) is 6.20 Å². The van der Waals surface area contributed by atoms with Crippen molar-refractivity contribution in [1.82, 2.24) is 15.1 Å². The molecule has 90 valence electrons. The third-order valence-corrected chi connectivity index (χ3v) is 3.35. The lowest BCUT2D eigenvalue weighted by atomic mass is 9.93. The third-order valence-electron chi connectivity index (χ3n) is 3.35. The van der Waals surface area contributed by atoms with E-state index in [0.29, 0.717) is 12.6 Å². The molecule has 0 bridgehead atoms. The second-order valence-electron chi connectivity index (χ2n) is 4.50. The van der Waals surface area contributed by atoms with Crippen molar-refractivity contribution in [3.63, 3.8) is 0 Å². The van der Waals surface area contributed by atoms with Crippen LogP contribution < -0.4 is 5.32 Å². The van der Waals surface area contributed by atoms with Crippen LogP contribution >= 0.6 is 0 Å². The van der Waals surface area contributed by atoms with Gasteiger partial charge in [-0.25, -0.2) is 0 Å². The number of nitrogens with zero attached hydrogens (tertiary/aromatic N) is 2. The van der Waals surface area contributed by atoms with Crippen LogP contribution in [0.2, 0.25) is 0 Å². The fourth-order valence-electron chi connectivity index (χ4n) is 2.43. The van der Waals surface area contributed by atoms with Gasteiger partial charge in [0.15, 0.2) is 0 Å². The van der Waals surface area contributed by atoms with Crippen LogP contribution in [0, 0.1) is 0 Å². The van der Waals surface area contributed by atoms with E-state index in [1.54, 1.807) is 0 Å². The first-order chi connectivity index (χ1) is 7.83. The van der Waals surface area contributed by atoms with Crippen molar-refractivity contribution in [3.8, 4) is 0 Å². The Bertz CT molecular complexity index is 335. The quantitative estimate of drug-likeness (QED) is 0.736. The highest BCUT2D eigenvalue weighted by atomic mass is 16.2. The average molecular weight is 223 g/mol. The molecule has 2 N–H and O–H groups in total. The van der Waals surface area contributed by atoms with Crippen LogP contribution in [0.3, 0.4) is 0 Å². The van der Waals surface area contributed by atoms with Gasteiger partial charge in [0.25, 0.3) is 0 Å². The smallest absolute Gasteiger partial charge is 0.0540 e. The number of hydrogen-bond donors (Lipinski definition) is 2. The molecule has 16 heavy (non-hydrogen) atoms. The van der Waals surface area contributed by atoms with Gasteiger partial charge in [0.1, 0.15) is 0 Å². The molecule has 0 amide bonds. The zero-order valence-electron chi connectivity index (χ0n) is 9.95. The standard InChI is InChI=1S/C12H21N3O/c1-15-12-6-4-5-11(10(12)9-14-15)13-7-2-3-8-16/h9,11,13,16H,2-8H2,1H3. The Morgan fingerprint density at radius 3 is 3.25 bits per heavy atom. The number of nitrogens with one attached hydrogen (secondary N) is 1. The highest BCUT2D eigenvalue weighted by molar-refractivity contribution is 5.24. The number of aliphatic hydroxyl groups excluding tert-OH is 1. The Morgan fingerprint density at radius 1 is 1.56 bits per heavy atom. The minimum Gasteiger partial charge on any atom is -0.396 e. The van der Waals surface area contributed by atoms with Crippen LogP contribution in [0.15, 0.2) is 6.20 Å². The maximum Gasteiger partial charge on any atom is 0.0540 e. The van der Waals surface area contributed by atoms with Gasteiger partial charge in [-0.1, -0.05) is 0 Å². The van der Waals surface area contributed by atoms with E-state index in [2.05, 4.69) is 10.4 Å². The molecule has 0 saturated heterocycles. The van der Waals surface area contributed by atoms with Crippen molar-refractivity contribution in [2.24, 2.45) is 7.05 Å². The summed E-state index contributed by atoms with van der Waals surface area (Å²) in [5, 5.41) is 16.6. The number of unbranched alkanes of at least 4 members (excludes halogenated alkanes) is 1. The Morgan fingerprint density at radius 2 is 2.44 bits per heavy atom. The molecule has 0 radical (unpaired) electrons. The van der Waals surface area contributed by atoms with Gasteiger partial charge in [-0.2, -0.15) is 5.10 Å². The summed E-state index contributed by atoms with van der Waals surface area (Å²) in [6.45, 7) is 1.28. The van der Waals surface area contributed by atoms with E-state index in [0.717, 1.165) is 25.8 Å². The molecule has 1 atom stereocenters.